The molecule has 4 nitrogen and oxygen atoms in total. The number of nitrogens with one attached hydrogen (secondary N) is 1. The molecule has 2 aliphatic carbocycles. The summed E-state index contributed by atoms with van der Waals surface area (Å²) in [6.45, 7) is 0.949. The second kappa shape index (κ2) is 4.80. The zero-order valence-electron chi connectivity index (χ0n) is 10.5. The molecule has 1 aromatic heterocycles. The van der Waals surface area contributed by atoms with Crippen LogP contribution in [-0.2, 0) is 16.6 Å². The van der Waals surface area contributed by atoms with Gasteiger partial charge >= 0.3 is 0 Å². The number of rotatable bonds is 6. The maximum atomic E-state index is 12.3. The van der Waals surface area contributed by atoms with Crippen LogP contribution in [0.5, 0.6) is 0 Å². The summed E-state index contributed by atoms with van der Waals surface area (Å²) in [5.74, 6) is 0.751. The van der Waals surface area contributed by atoms with Gasteiger partial charge in [-0.05, 0) is 59.0 Å². The quantitative estimate of drug-likeness (QED) is 0.813. The molecule has 0 amide bonds. The van der Waals surface area contributed by atoms with Gasteiger partial charge in [0.05, 0.1) is 3.79 Å². The first-order valence-electron chi connectivity index (χ1n) is 6.45. The lowest BCUT2D eigenvalue weighted by Crippen LogP contribution is -2.31. The molecule has 0 atom stereocenters. The standard InChI is InChI=1S/C12H17BrN2O2S2/c13-11-10(5-9(6-14)18-11)19(16,17)15-7-12(3-4-12)8-1-2-8/h5,8,15H,1-4,6-7,14H2. The minimum atomic E-state index is -3.42. The van der Waals surface area contributed by atoms with E-state index in [4.69, 9.17) is 5.73 Å². The van der Waals surface area contributed by atoms with E-state index < -0.39 is 10.0 Å². The fraction of sp³-hybridized carbons (Fsp3) is 0.667. The van der Waals surface area contributed by atoms with Gasteiger partial charge in [-0.15, -0.1) is 11.3 Å². The summed E-state index contributed by atoms with van der Waals surface area (Å²) in [6, 6.07) is 1.66. The molecule has 0 bridgehead atoms. The summed E-state index contributed by atoms with van der Waals surface area (Å²) in [5.41, 5.74) is 5.82. The molecule has 3 rings (SSSR count). The highest BCUT2D eigenvalue weighted by Crippen LogP contribution is 2.60. The molecule has 106 valence electrons. The summed E-state index contributed by atoms with van der Waals surface area (Å²) in [7, 11) is -3.42. The van der Waals surface area contributed by atoms with Gasteiger partial charge in [0.15, 0.2) is 0 Å². The fourth-order valence-corrected chi connectivity index (χ4v) is 6.28. The Balaban J connectivity index is 1.73. The minimum Gasteiger partial charge on any atom is -0.326 e. The van der Waals surface area contributed by atoms with Gasteiger partial charge in [-0.1, -0.05) is 0 Å². The van der Waals surface area contributed by atoms with Crippen LogP contribution in [0.2, 0.25) is 0 Å². The molecule has 0 aromatic carbocycles. The highest BCUT2D eigenvalue weighted by atomic mass is 79.9. The van der Waals surface area contributed by atoms with Crippen molar-refractivity contribution in [2.45, 2.75) is 37.1 Å². The number of hydrogen-bond acceptors (Lipinski definition) is 4. The van der Waals surface area contributed by atoms with Crippen LogP contribution in [0.4, 0.5) is 0 Å². The lowest BCUT2D eigenvalue weighted by molar-refractivity contribution is 0.432. The van der Waals surface area contributed by atoms with E-state index in [0.717, 1.165) is 10.8 Å². The monoisotopic (exact) mass is 364 g/mol. The Morgan fingerprint density at radius 1 is 1.47 bits per heavy atom. The van der Waals surface area contributed by atoms with Gasteiger partial charge < -0.3 is 5.73 Å². The lowest BCUT2D eigenvalue weighted by Gasteiger charge is -2.14. The van der Waals surface area contributed by atoms with Crippen LogP contribution in [0, 0.1) is 11.3 Å². The van der Waals surface area contributed by atoms with E-state index in [1.165, 1.54) is 37.0 Å². The summed E-state index contributed by atoms with van der Waals surface area (Å²) in [5, 5.41) is 0. The third-order valence-corrected chi connectivity index (χ3v) is 7.82. The summed E-state index contributed by atoms with van der Waals surface area (Å²) < 4.78 is 28.1. The average Bonchev–Trinajstić information content (AvgIpc) is 3.24. The molecule has 2 aliphatic rings. The SMILES string of the molecule is NCc1cc(S(=O)(=O)NCC2(C3CC3)CC2)c(Br)s1. The summed E-state index contributed by atoms with van der Waals surface area (Å²) in [4.78, 5) is 1.19. The van der Waals surface area contributed by atoms with Crippen LogP contribution >= 0.6 is 27.3 Å². The molecule has 19 heavy (non-hydrogen) atoms. The Morgan fingerprint density at radius 2 is 2.16 bits per heavy atom. The number of hydrogen-bond donors (Lipinski definition) is 2. The van der Waals surface area contributed by atoms with Crippen molar-refractivity contribution >= 4 is 37.3 Å². The molecule has 2 fully saturated rings. The van der Waals surface area contributed by atoms with Gasteiger partial charge in [0.25, 0.3) is 0 Å². The fourth-order valence-electron chi connectivity index (χ4n) is 2.58. The predicted molar refractivity (Wildman–Crippen MR) is 79.5 cm³/mol. The molecule has 2 saturated carbocycles. The van der Waals surface area contributed by atoms with E-state index >= 15 is 0 Å². The Bertz CT molecular complexity index is 589. The number of nitrogens with two attached hydrogens (primary N) is 1. The summed E-state index contributed by atoms with van der Waals surface area (Å²) in [6.07, 6.45) is 4.86. The Labute approximate surface area is 125 Å². The first-order valence-corrected chi connectivity index (χ1v) is 9.54. The third-order valence-electron chi connectivity index (χ3n) is 4.15. The van der Waals surface area contributed by atoms with E-state index in [9.17, 15) is 8.42 Å². The van der Waals surface area contributed by atoms with Crippen molar-refractivity contribution in [3.05, 3.63) is 14.7 Å². The van der Waals surface area contributed by atoms with Gasteiger partial charge in [-0.2, -0.15) is 0 Å². The Kier molecular flexibility index (Phi) is 3.54. The van der Waals surface area contributed by atoms with E-state index in [1.807, 2.05) is 0 Å². The van der Waals surface area contributed by atoms with Crippen molar-refractivity contribution in [1.29, 1.82) is 0 Å². The van der Waals surface area contributed by atoms with Crippen LogP contribution in [-0.4, -0.2) is 15.0 Å². The van der Waals surface area contributed by atoms with E-state index in [1.54, 1.807) is 6.07 Å². The average molecular weight is 365 g/mol. The van der Waals surface area contributed by atoms with Crippen LogP contribution in [0.15, 0.2) is 14.7 Å². The molecule has 7 heteroatoms. The number of thiophene rings is 1. The van der Waals surface area contributed by atoms with Crippen molar-refractivity contribution in [2.24, 2.45) is 17.1 Å². The molecule has 0 radical (unpaired) electrons. The van der Waals surface area contributed by atoms with E-state index in [2.05, 4.69) is 20.7 Å². The molecule has 0 aliphatic heterocycles. The van der Waals surface area contributed by atoms with Crippen LogP contribution in [0.25, 0.3) is 0 Å². The molecular formula is C12H17BrN2O2S2. The number of halogens is 1. The first kappa shape index (κ1) is 14.0. The molecule has 0 saturated heterocycles. The zero-order valence-corrected chi connectivity index (χ0v) is 13.7. The lowest BCUT2D eigenvalue weighted by atomic mass is 10.0. The van der Waals surface area contributed by atoms with Crippen molar-refractivity contribution in [3.63, 3.8) is 0 Å². The van der Waals surface area contributed by atoms with Gasteiger partial charge in [0.1, 0.15) is 4.90 Å². The van der Waals surface area contributed by atoms with Gasteiger partial charge in [-0.3, -0.25) is 0 Å². The van der Waals surface area contributed by atoms with Gasteiger partial charge in [0.2, 0.25) is 10.0 Å². The van der Waals surface area contributed by atoms with Crippen molar-refractivity contribution in [3.8, 4) is 0 Å². The van der Waals surface area contributed by atoms with Gasteiger partial charge in [0, 0.05) is 18.0 Å². The normalized spacial score (nSPS) is 21.6. The molecule has 0 unspecified atom stereocenters. The molecule has 0 spiro atoms. The van der Waals surface area contributed by atoms with Crippen LogP contribution in [0.3, 0.4) is 0 Å². The maximum Gasteiger partial charge on any atom is 0.242 e. The molecule has 3 N–H and O–H groups in total. The zero-order chi connectivity index (χ0) is 13.7. The maximum absolute atomic E-state index is 12.3. The van der Waals surface area contributed by atoms with Crippen LogP contribution in [0.1, 0.15) is 30.6 Å². The van der Waals surface area contributed by atoms with E-state index in [-0.39, 0.29) is 5.41 Å². The largest absolute Gasteiger partial charge is 0.326 e. The van der Waals surface area contributed by atoms with Crippen LogP contribution < -0.4 is 10.5 Å². The predicted octanol–water partition coefficient (Wildman–Crippen LogP) is 2.44. The Morgan fingerprint density at radius 3 is 2.63 bits per heavy atom. The minimum absolute atomic E-state index is 0.270. The summed E-state index contributed by atoms with van der Waals surface area (Å²) >= 11 is 4.70. The number of sulfonamides is 1. The van der Waals surface area contributed by atoms with E-state index in [0.29, 0.717) is 21.8 Å². The van der Waals surface area contributed by atoms with Crippen molar-refractivity contribution < 1.29 is 8.42 Å². The second-order valence-electron chi connectivity index (χ2n) is 5.52. The van der Waals surface area contributed by atoms with Crippen molar-refractivity contribution in [2.75, 3.05) is 6.54 Å². The molecule has 1 heterocycles. The topological polar surface area (TPSA) is 72.2 Å². The second-order valence-corrected chi connectivity index (χ2v) is 9.71. The van der Waals surface area contributed by atoms with Gasteiger partial charge in [-0.25, -0.2) is 13.1 Å². The third kappa shape index (κ3) is 2.76. The highest BCUT2D eigenvalue weighted by molar-refractivity contribution is 9.11. The molecular weight excluding hydrogens is 348 g/mol. The van der Waals surface area contributed by atoms with Crippen molar-refractivity contribution in [1.82, 2.24) is 4.72 Å². The molecule has 1 aromatic rings. The highest BCUT2D eigenvalue weighted by Gasteiger charge is 2.53. The smallest absolute Gasteiger partial charge is 0.242 e. The first-order chi connectivity index (χ1) is 8.97. The Hall–Kier alpha value is 0.0500.